The molecule has 0 aromatic carbocycles. The second-order valence-electron chi connectivity index (χ2n) is 4.04. The zero-order valence-electron chi connectivity index (χ0n) is 10.7. The Balaban J connectivity index is 1.98. The van der Waals surface area contributed by atoms with E-state index in [1.807, 2.05) is 35.7 Å². The number of pyridine rings is 1. The van der Waals surface area contributed by atoms with Crippen LogP contribution in [0, 0.1) is 0 Å². The van der Waals surface area contributed by atoms with Crippen LogP contribution in [0.2, 0.25) is 0 Å². The van der Waals surface area contributed by atoms with Crippen LogP contribution in [0.1, 0.15) is 31.6 Å². The van der Waals surface area contributed by atoms with Crippen LogP contribution in [0.3, 0.4) is 0 Å². The van der Waals surface area contributed by atoms with Crippen LogP contribution in [0.25, 0.3) is 0 Å². The summed E-state index contributed by atoms with van der Waals surface area (Å²) in [6.07, 6.45) is 2.65. The summed E-state index contributed by atoms with van der Waals surface area (Å²) in [5.74, 6) is 0. The number of nitrogens with one attached hydrogen (secondary N) is 1. The Morgan fingerprint density at radius 1 is 1.42 bits per heavy atom. The van der Waals surface area contributed by atoms with Gasteiger partial charge in [-0.1, -0.05) is 19.4 Å². The lowest BCUT2D eigenvalue weighted by atomic mass is 10.1. The number of anilines is 1. The SMILES string of the molecule is CCCC(OC(=O)Nc1cccs1)c1ccccn1. The van der Waals surface area contributed by atoms with Crippen molar-refractivity contribution in [1.82, 2.24) is 4.98 Å². The van der Waals surface area contributed by atoms with Crippen LogP contribution >= 0.6 is 11.3 Å². The highest BCUT2D eigenvalue weighted by Gasteiger charge is 2.17. The first-order chi connectivity index (χ1) is 9.29. The minimum absolute atomic E-state index is 0.300. The van der Waals surface area contributed by atoms with Crippen LogP contribution in [-0.4, -0.2) is 11.1 Å². The largest absolute Gasteiger partial charge is 0.439 e. The molecule has 19 heavy (non-hydrogen) atoms. The van der Waals surface area contributed by atoms with Crippen molar-refractivity contribution in [3.63, 3.8) is 0 Å². The van der Waals surface area contributed by atoms with E-state index >= 15 is 0 Å². The molecule has 2 aromatic rings. The number of hydrogen-bond acceptors (Lipinski definition) is 4. The van der Waals surface area contributed by atoms with Crippen molar-refractivity contribution in [2.24, 2.45) is 0 Å². The molecule has 0 spiro atoms. The zero-order chi connectivity index (χ0) is 13.5. The molecule has 0 bridgehead atoms. The first-order valence-electron chi connectivity index (χ1n) is 6.21. The van der Waals surface area contributed by atoms with Gasteiger partial charge in [0.2, 0.25) is 0 Å². The second-order valence-corrected chi connectivity index (χ2v) is 4.99. The Bertz CT molecular complexity index is 499. The molecule has 0 saturated carbocycles. The molecule has 0 saturated heterocycles. The van der Waals surface area contributed by atoms with E-state index in [-0.39, 0.29) is 6.10 Å². The topological polar surface area (TPSA) is 51.2 Å². The molecule has 0 fully saturated rings. The van der Waals surface area contributed by atoms with E-state index in [2.05, 4.69) is 17.2 Å². The summed E-state index contributed by atoms with van der Waals surface area (Å²) in [6, 6.07) is 9.33. The van der Waals surface area contributed by atoms with Crippen LogP contribution in [0.5, 0.6) is 0 Å². The Kier molecular flexibility index (Phi) is 4.92. The Morgan fingerprint density at radius 2 is 2.32 bits per heavy atom. The van der Waals surface area contributed by atoms with Gasteiger partial charge < -0.3 is 4.74 Å². The molecular formula is C14H16N2O2S. The lowest BCUT2D eigenvalue weighted by Crippen LogP contribution is -2.17. The summed E-state index contributed by atoms with van der Waals surface area (Å²) in [4.78, 5) is 16.1. The molecular weight excluding hydrogens is 260 g/mol. The lowest BCUT2D eigenvalue weighted by molar-refractivity contribution is 0.102. The summed E-state index contributed by atoms with van der Waals surface area (Å²) >= 11 is 1.46. The van der Waals surface area contributed by atoms with Crippen LogP contribution in [0.15, 0.2) is 41.9 Å². The minimum Gasteiger partial charge on any atom is -0.439 e. The van der Waals surface area contributed by atoms with Gasteiger partial charge in [0.05, 0.1) is 10.7 Å². The molecule has 100 valence electrons. The monoisotopic (exact) mass is 276 g/mol. The maximum absolute atomic E-state index is 11.8. The average molecular weight is 276 g/mol. The van der Waals surface area contributed by atoms with Gasteiger partial charge in [0.25, 0.3) is 0 Å². The Morgan fingerprint density at radius 3 is 2.95 bits per heavy atom. The third kappa shape index (κ3) is 4.06. The zero-order valence-corrected chi connectivity index (χ0v) is 11.5. The number of aromatic nitrogens is 1. The van der Waals surface area contributed by atoms with E-state index in [1.165, 1.54) is 11.3 Å². The number of amides is 1. The standard InChI is InChI=1S/C14H16N2O2S/c1-2-6-12(11-7-3-4-9-15-11)18-14(17)16-13-8-5-10-19-13/h3-5,7-10,12H,2,6H2,1H3,(H,16,17). The summed E-state index contributed by atoms with van der Waals surface area (Å²) < 4.78 is 5.44. The molecule has 0 aliphatic heterocycles. The molecule has 2 heterocycles. The van der Waals surface area contributed by atoms with Crippen molar-refractivity contribution < 1.29 is 9.53 Å². The van der Waals surface area contributed by atoms with Crippen molar-refractivity contribution in [3.8, 4) is 0 Å². The number of carbonyl (C=O) groups is 1. The number of hydrogen-bond donors (Lipinski definition) is 1. The van der Waals surface area contributed by atoms with E-state index in [0.29, 0.717) is 0 Å². The molecule has 1 N–H and O–H groups in total. The minimum atomic E-state index is -0.438. The van der Waals surface area contributed by atoms with E-state index < -0.39 is 6.09 Å². The highest BCUT2D eigenvalue weighted by Crippen LogP contribution is 2.22. The molecule has 0 aliphatic carbocycles. The smallest absolute Gasteiger partial charge is 0.412 e. The van der Waals surface area contributed by atoms with E-state index in [1.54, 1.807) is 6.20 Å². The molecule has 1 atom stereocenters. The van der Waals surface area contributed by atoms with Crippen LogP contribution in [-0.2, 0) is 4.74 Å². The van der Waals surface area contributed by atoms with Gasteiger partial charge in [0.15, 0.2) is 0 Å². The predicted molar refractivity (Wildman–Crippen MR) is 76.3 cm³/mol. The van der Waals surface area contributed by atoms with Gasteiger partial charge in [0, 0.05) is 6.20 Å². The number of ether oxygens (including phenoxy) is 1. The second kappa shape index (κ2) is 6.89. The first-order valence-corrected chi connectivity index (χ1v) is 7.09. The number of carbonyl (C=O) groups excluding carboxylic acids is 1. The van der Waals surface area contributed by atoms with E-state index in [4.69, 9.17) is 4.74 Å². The van der Waals surface area contributed by atoms with Crippen molar-refractivity contribution in [2.75, 3.05) is 5.32 Å². The van der Waals surface area contributed by atoms with Crippen LogP contribution < -0.4 is 5.32 Å². The molecule has 0 radical (unpaired) electrons. The van der Waals surface area contributed by atoms with Crippen molar-refractivity contribution in [1.29, 1.82) is 0 Å². The van der Waals surface area contributed by atoms with Crippen molar-refractivity contribution >= 4 is 22.4 Å². The van der Waals surface area contributed by atoms with Gasteiger partial charge in [-0.15, -0.1) is 11.3 Å². The molecule has 5 heteroatoms. The fourth-order valence-corrected chi connectivity index (χ4v) is 2.31. The molecule has 0 aliphatic rings. The molecule has 1 unspecified atom stereocenters. The lowest BCUT2D eigenvalue weighted by Gasteiger charge is -2.16. The highest BCUT2D eigenvalue weighted by molar-refractivity contribution is 7.14. The van der Waals surface area contributed by atoms with Gasteiger partial charge in [0.1, 0.15) is 6.10 Å². The quantitative estimate of drug-likeness (QED) is 0.889. The third-order valence-electron chi connectivity index (χ3n) is 2.56. The Labute approximate surface area is 116 Å². The maximum atomic E-state index is 11.8. The fourth-order valence-electron chi connectivity index (χ4n) is 1.70. The summed E-state index contributed by atoms with van der Waals surface area (Å²) in [6.45, 7) is 2.05. The van der Waals surface area contributed by atoms with Gasteiger partial charge in [-0.3, -0.25) is 10.3 Å². The first kappa shape index (κ1) is 13.5. The van der Waals surface area contributed by atoms with Crippen molar-refractivity contribution in [2.45, 2.75) is 25.9 Å². The van der Waals surface area contributed by atoms with Gasteiger partial charge in [-0.05, 0) is 36.1 Å². The molecule has 2 aromatic heterocycles. The average Bonchev–Trinajstić information content (AvgIpc) is 2.92. The van der Waals surface area contributed by atoms with Gasteiger partial charge in [-0.2, -0.15) is 0 Å². The van der Waals surface area contributed by atoms with Crippen molar-refractivity contribution in [3.05, 3.63) is 47.6 Å². The fraction of sp³-hybridized carbons (Fsp3) is 0.286. The van der Waals surface area contributed by atoms with Crippen LogP contribution in [0.4, 0.5) is 9.80 Å². The maximum Gasteiger partial charge on any atom is 0.412 e. The van der Waals surface area contributed by atoms with E-state index in [9.17, 15) is 4.79 Å². The van der Waals surface area contributed by atoms with Gasteiger partial charge in [-0.25, -0.2) is 4.79 Å². The Hall–Kier alpha value is -1.88. The summed E-state index contributed by atoms with van der Waals surface area (Å²) in [7, 11) is 0. The summed E-state index contributed by atoms with van der Waals surface area (Å²) in [5, 5.41) is 5.39. The third-order valence-corrected chi connectivity index (χ3v) is 3.35. The number of rotatable bonds is 5. The highest BCUT2D eigenvalue weighted by atomic mass is 32.1. The van der Waals surface area contributed by atoms with Gasteiger partial charge >= 0.3 is 6.09 Å². The van der Waals surface area contributed by atoms with E-state index in [0.717, 1.165) is 23.5 Å². The summed E-state index contributed by atoms with van der Waals surface area (Å²) in [5.41, 5.74) is 0.783. The molecule has 4 nitrogen and oxygen atoms in total. The number of nitrogens with zero attached hydrogens (tertiary/aromatic N) is 1. The normalized spacial score (nSPS) is 11.8. The number of thiophene rings is 1. The molecule has 1 amide bonds. The predicted octanol–water partition coefficient (Wildman–Crippen LogP) is 4.23. The molecule has 2 rings (SSSR count).